The maximum absolute atomic E-state index is 13.6. The molecule has 1 aromatic heterocycles. The van der Waals surface area contributed by atoms with Gasteiger partial charge >= 0.3 is 0 Å². The number of aryl methyl sites for hydroxylation is 2. The Morgan fingerprint density at radius 3 is 2.60 bits per heavy atom. The first-order valence-electron chi connectivity index (χ1n) is 10.3. The molecule has 2 heterocycles. The van der Waals surface area contributed by atoms with Crippen LogP contribution < -0.4 is 0 Å². The molecule has 30 heavy (non-hydrogen) atoms. The Kier molecular flexibility index (Phi) is 5.75. The number of halogens is 1. The molecule has 0 N–H and O–H groups in total. The molecule has 0 amide bonds. The smallest absolute Gasteiger partial charge is 0.244 e. The van der Waals surface area contributed by atoms with Gasteiger partial charge in [-0.05, 0) is 55.5 Å². The predicted octanol–water partition coefficient (Wildman–Crippen LogP) is 4.47. The Morgan fingerprint density at radius 1 is 1.13 bits per heavy atom. The van der Waals surface area contributed by atoms with Crippen molar-refractivity contribution in [2.45, 2.75) is 50.6 Å². The van der Waals surface area contributed by atoms with Gasteiger partial charge in [0.25, 0.3) is 0 Å². The van der Waals surface area contributed by atoms with E-state index < -0.39 is 10.0 Å². The summed E-state index contributed by atoms with van der Waals surface area (Å²) in [4.78, 5) is 4.98. The molecule has 158 valence electrons. The van der Waals surface area contributed by atoms with E-state index in [4.69, 9.17) is 0 Å². The molecule has 3 aromatic rings. The number of nitrogens with zero attached hydrogens (tertiary/aromatic N) is 3. The zero-order valence-corrected chi connectivity index (χ0v) is 18.1. The van der Waals surface area contributed by atoms with Crippen LogP contribution in [-0.2, 0) is 23.0 Å². The van der Waals surface area contributed by atoms with Crippen molar-refractivity contribution in [2.24, 2.45) is 0 Å². The monoisotopic (exact) mass is 427 g/mol. The van der Waals surface area contributed by atoms with E-state index in [1.54, 1.807) is 34.8 Å². The van der Waals surface area contributed by atoms with E-state index in [2.05, 4.69) is 4.98 Å². The van der Waals surface area contributed by atoms with Gasteiger partial charge in [-0.25, -0.2) is 17.8 Å². The maximum Gasteiger partial charge on any atom is 0.244 e. The van der Waals surface area contributed by atoms with Gasteiger partial charge in [0.15, 0.2) is 0 Å². The van der Waals surface area contributed by atoms with Gasteiger partial charge in [-0.15, -0.1) is 0 Å². The summed E-state index contributed by atoms with van der Waals surface area (Å²) in [6, 6.07) is 13.3. The molecule has 7 heteroatoms. The lowest BCUT2D eigenvalue weighted by atomic mass is 10.2. The summed E-state index contributed by atoms with van der Waals surface area (Å²) in [6.45, 7) is 4.93. The highest BCUT2D eigenvalue weighted by atomic mass is 32.2. The molecule has 1 atom stereocenters. The molecule has 0 radical (unpaired) electrons. The molecule has 1 aliphatic rings. The second kappa shape index (κ2) is 8.32. The van der Waals surface area contributed by atoms with Crippen LogP contribution in [0.1, 0.15) is 48.5 Å². The molecule has 1 unspecified atom stereocenters. The van der Waals surface area contributed by atoms with E-state index in [1.165, 1.54) is 12.1 Å². The van der Waals surface area contributed by atoms with Crippen molar-refractivity contribution < 1.29 is 12.8 Å². The average Bonchev–Trinajstić information content (AvgIpc) is 3.37. The number of benzene rings is 2. The van der Waals surface area contributed by atoms with Crippen LogP contribution in [0.2, 0.25) is 0 Å². The molecule has 2 aromatic carbocycles. The summed E-state index contributed by atoms with van der Waals surface area (Å²) in [5, 5.41) is 0. The number of imidazole rings is 1. The molecule has 1 fully saturated rings. The third kappa shape index (κ3) is 3.79. The van der Waals surface area contributed by atoms with Crippen LogP contribution in [0.4, 0.5) is 4.39 Å². The number of aromatic nitrogens is 2. The van der Waals surface area contributed by atoms with Crippen LogP contribution in [0.25, 0.3) is 0 Å². The molecular weight excluding hydrogens is 401 g/mol. The third-order valence-corrected chi connectivity index (χ3v) is 7.79. The Balaban J connectivity index is 1.70. The van der Waals surface area contributed by atoms with Gasteiger partial charge in [-0.3, -0.25) is 0 Å². The highest BCUT2D eigenvalue weighted by molar-refractivity contribution is 7.89. The van der Waals surface area contributed by atoms with E-state index in [0.29, 0.717) is 24.4 Å². The molecule has 0 spiro atoms. The predicted molar refractivity (Wildman–Crippen MR) is 114 cm³/mol. The van der Waals surface area contributed by atoms with Gasteiger partial charge in [0, 0.05) is 25.0 Å². The summed E-state index contributed by atoms with van der Waals surface area (Å²) in [6.07, 6.45) is 3.96. The second-order valence-electron chi connectivity index (χ2n) is 7.71. The number of hydrogen-bond acceptors (Lipinski definition) is 3. The topological polar surface area (TPSA) is 55.2 Å². The molecule has 0 bridgehead atoms. The number of rotatable bonds is 6. The van der Waals surface area contributed by atoms with Gasteiger partial charge in [-0.1, -0.05) is 37.3 Å². The standard InChI is InChI=1S/C23H26FN3O2S/c1-3-19-7-4-5-9-22(19)30(28,29)27-14-6-8-21(27)23-25-15-17(2)26(23)16-18-10-12-20(24)13-11-18/h4-5,7,9-13,15,21H,3,6,8,14,16H2,1-2H3. The van der Waals surface area contributed by atoms with Gasteiger partial charge in [0.2, 0.25) is 10.0 Å². The highest BCUT2D eigenvalue weighted by Gasteiger charge is 2.39. The quantitative estimate of drug-likeness (QED) is 0.583. The van der Waals surface area contributed by atoms with Crippen LogP contribution >= 0.6 is 0 Å². The second-order valence-corrected chi connectivity index (χ2v) is 9.56. The minimum Gasteiger partial charge on any atom is -0.327 e. The SMILES string of the molecule is CCc1ccccc1S(=O)(=O)N1CCCC1c1ncc(C)n1Cc1ccc(F)cc1. The van der Waals surface area contributed by atoms with Crippen molar-refractivity contribution in [1.82, 2.24) is 13.9 Å². The maximum atomic E-state index is 13.6. The van der Waals surface area contributed by atoms with Crippen molar-refractivity contribution in [3.63, 3.8) is 0 Å². The van der Waals surface area contributed by atoms with Crippen molar-refractivity contribution in [3.05, 3.63) is 83.2 Å². The first-order valence-corrected chi connectivity index (χ1v) is 11.7. The molecule has 1 saturated heterocycles. The van der Waals surface area contributed by atoms with Gasteiger partial charge < -0.3 is 4.57 Å². The van der Waals surface area contributed by atoms with Crippen LogP contribution in [0.5, 0.6) is 0 Å². The Bertz CT molecular complexity index is 1140. The van der Waals surface area contributed by atoms with E-state index in [-0.39, 0.29) is 11.9 Å². The summed E-state index contributed by atoms with van der Waals surface area (Å²) in [5.74, 6) is 0.468. The Hall–Kier alpha value is -2.51. The van der Waals surface area contributed by atoms with Crippen molar-refractivity contribution >= 4 is 10.0 Å². The van der Waals surface area contributed by atoms with Crippen molar-refractivity contribution in [1.29, 1.82) is 0 Å². The van der Waals surface area contributed by atoms with Crippen LogP contribution in [0.3, 0.4) is 0 Å². The number of sulfonamides is 1. The van der Waals surface area contributed by atoms with Crippen LogP contribution in [0.15, 0.2) is 59.6 Å². The lowest BCUT2D eigenvalue weighted by molar-refractivity contribution is 0.374. The summed E-state index contributed by atoms with van der Waals surface area (Å²) in [5.41, 5.74) is 2.73. The fraction of sp³-hybridized carbons (Fsp3) is 0.348. The van der Waals surface area contributed by atoms with Gasteiger partial charge in [0.1, 0.15) is 11.6 Å². The van der Waals surface area contributed by atoms with Crippen molar-refractivity contribution in [3.8, 4) is 0 Å². The van der Waals surface area contributed by atoms with Gasteiger partial charge in [-0.2, -0.15) is 4.31 Å². The molecule has 1 aliphatic heterocycles. The molecule has 0 aliphatic carbocycles. The normalized spacial score (nSPS) is 17.5. The zero-order chi connectivity index (χ0) is 21.3. The lowest BCUT2D eigenvalue weighted by Gasteiger charge is -2.26. The van der Waals surface area contributed by atoms with E-state index in [1.807, 2.05) is 30.5 Å². The lowest BCUT2D eigenvalue weighted by Crippen LogP contribution is -2.33. The van der Waals surface area contributed by atoms with E-state index in [0.717, 1.165) is 35.5 Å². The molecule has 4 rings (SSSR count). The number of hydrogen-bond donors (Lipinski definition) is 0. The van der Waals surface area contributed by atoms with Gasteiger partial charge in [0.05, 0.1) is 10.9 Å². The zero-order valence-electron chi connectivity index (χ0n) is 17.3. The molecule has 5 nitrogen and oxygen atoms in total. The third-order valence-electron chi connectivity index (χ3n) is 5.78. The Morgan fingerprint density at radius 2 is 1.87 bits per heavy atom. The summed E-state index contributed by atoms with van der Waals surface area (Å²) >= 11 is 0. The average molecular weight is 428 g/mol. The largest absolute Gasteiger partial charge is 0.327 e. The van der Waals surface area contributed by atoms with E-state index in [9.17, 15) is 12.8 Å². The fourth-order valence-electron chi connectivity index (χ4n) is 4.18. The van der Waals surface area contributed by atoms with Crippen LogP contribution in [-0.4, -0.2) is 28.8 Å². The first kappa shape index (κ1) is 20.8. The summed E-state index contributed by atoms with van der Waals surface area (Å²) < 4.78 is 44.0. The minimum absolute atomic E-state index is 0.274. The molecule has 0 saturated carbocycles. The minimum atomic E-state index is -3.63. The summed E-state index contributed by atoms with van der Waals surface area (Å²) in [7, 11) is -3.63. The Labute approximate surface area is 177 Å². The highest BCUT2D eigenvalue weighted by Crippen LogP contribution is 2.37. The first-order chi connectivity index (χ1) is 14.4. The fourth-order valence-corrected chi connectivity index (χ4v) is 6.13. The van der Waals surface area contributed by atoms with Crippen LogP contribution in [0, 0.1) is 12.7 Å². The molecular formula is C23H26FN3O2S. The van der Waals surface area contributed by atoms with E-state index >= 15 is 0 Å². The van der Waals surface area contributed by atoms with Crippen molar-refractivity contribution in [2.75, 3.05) is 6.54 Å².